The van der Waals surface area contributed by atoms with Crippen molar-refractivity contribution in [1.82, 2.24) is 0 Å². The first-order valence-corrected chi connectivity index (χ1v) is 12.8. The van der Waals surface area contributed by atoms with E-state index in [-0.39, 0.29) is 57.4 Å². The minimum atomic E-state index is -1.54. The van der Waals surface area contributed by atoms with Gasteiger partial charge in [0, 0.05) is 46.7 Å². The first-order chi connectivity index (χ1) is 19.9. The lowest BCUT2D eigenvalue weighted by Crippen LogP contribution is -2.36. The van der Waals surface area contributed by atoms with E-state index in [1.165, 1.54) is 36.4 Å². The molecule has 10 N–H and O–H groups in total. The SMILES string of the molecule is Oc1ccc2c(c1)OC(c1cc(O)c(O)c(O)c1)C(O)C2c1c(O)cc(O)c2c1OC(c1ccc(O)c(O)c1)C(O)C2. The zero-order chi connectivity index (χ0) is 30.0. The van der Waals surface area contributed by atoms with Crippen molar-refractivity contribution in [3.05, 3.63) is 82.4 Å². The number of aromatic hydroxyl groups is 8. The highest BCUT2D eigenvalue weighted by Crippen LogP contribution is 2.55. The summed E-state index contributed by atoms with van der Waals surface area (Å²) >= 11 is 0. The Morgan fingerprint density at radius 2 is 1.29 bits per heavy atom. The fourth-order valence-corrected chi connectivity index (χ4v) is 5.68. The second-order valence-corrected chi connectivity index (χ2v) is 10.3. The van der Waals surface area contributed by atoms with E-state index < -0.39 is 59.1 Å². The summed E-state index contributed by atoms with van der Waals surface area (Å²) in [5.74, 6) is -5.14. The van der Waals surface area contributed by atoms with E-state index in [4.69, 9.17) is 9.47 Å². The van der Waals surface area contributed by atoms with Crippen LogP contribution in [-0.4, -0.2) is 63.3 Å². The Morgan fingerprint density at radius 1 is 0.595 bits per heavy atom. The van der Waals surface area contributed by atoms with Crippen molar-refractivity contribution in [3.63, 3.8) is 0 Å². The molecule has 0 aromatic heterocycles. The molecule has 4 aromatic rings. The van der Waals surface area contributed by atoms with Gasteiger partial charge in [0.2, 0.25) is 0 Å². The molecule has 0 saturated carbocycles. The lowest BCUT2D eigenvalue weighted by Gasteiger charge is -2.40. The molecule has 0 amide bonds. The van der Waals surface area contributed by atoms with Crippen LogP contribution in [0.4, 0.5) is 0 Å². The van der Waals surface area contributed by atoms with Gasteiger partial charge in [-0.1, -0.05) is 12.1 Å². The van der Waals surface area contributed by atoms with Crippen molar-refractivity contribution in [2.75, 3.05) is 0 Å². The molecule has 12 heteroatoms. The molecule has 2 heterocycles. The zero-order valence-corrected chi connectivity index (χ0v) is 21.6. The van der Waals surface area contributed by atoms with Gasteiger partial charge in [-0.3, -0.25) is 0 Å². The zero-order valence-electron chi connectivity index (χ0n) is 21.6. The molecule has 12 nitrogen and oxygen atoms in total. The van der Waals surface area contributed by atoms with Crippen molar-refractivity contribution in [1.29, 1.82) is 0 Å². The number of phenols is 8. The highest BCUT2D eigenvalue weighted by atomic mass is 16.5. The molecular formula is C30H26O12. The average Bonchev–Trinajstić information content (AvgIpc) is 2.94. The molecule has 6 rings (SSSR count). The molecule has 5 unspecified atom stereocenters. The van der Waals surface area contributed by atoms with Gasteiger partial charge in [0.05, 0.1) is 6.10 Å². The second-order valence-electron chi connectivity index (χ2n) is 10.3. The Morgan fingerprint density at radius 3 is 1.98 bits per heavy atom. The van der Waals surface area contributed by atoms with Crippen molar-refractivity contribution in [2.24, 2.45) is 0 Å². The molecule has 0 radical (unpaired) electrons. The number of ether oxygens (including phenoxy) is 2. The third kappa shape index (κ3) is 4.24. The summed E-state index contributed by atoms with van der Waals surface area (Å²) in [7, 11) is 0. The van der Waals surface area contributed by atoms with E-state index in [9.17, 15) is 51.1 Å². The van der Waals surface area contributed by atoms with Crippen LogP contribution in [0.5, 0.6) is 57.5 Å². The Bertz CT molecular complexity index is 1690. The molecule has 0 bridgehead atoms. The van der Waals surface area contributed by atoms with E-state index in [2.05, 4.69) is 0 Å². The third-order valence-electron chi connectivity index (χ3n) is 7.68. The first-order valence-electron chi connectivity index (χ1n) is 12.8. The number of phenolic OH excluding ortho intramolecular Hbond substituents is 8. The smallest absolute Gasteiger partial charge is 0.200 e. The van der Waals surface area contributed by atoms with Crippen molar-refractivity contribution in [3.8, 4) is 57.5 Å². The van der Waals surface area contributed by atoms with Crippen LogP contribution in [-0.2, 0) is 6.42 Å². The normalized spacial score (nSPS) is 22.9. The Kier molecular flexibility index (Phi) is 6.24. The van der Waals surface area contributed by atoms with Crippen LogP contribution < -0.4 is 9.47 Å². The first kappa shape index (κ1) is 27.0. The number of aliphatic hydroxyl groups excluding tert-OH is 2. The molecule has 2 aliphatic rings. The number of aliphatic hydroxyl groups is 2. The number of hydrogen-bond acceptors (Lipinski definition) is 12. The molecule has 218 valence electrons. The molecule has 4 aromatic carbocycles. The van der Waals surface area contributed by atoms with Gasteiger partial charge in [-0.15, -0.1) is 0 Å². The topological polar surface area (TPSA) is 221 Å². The monoisotopic (exact) mass is 578 g/mol. The lowest BCUT2D eigenvalue weighted by molar-refractivity contribution is 0.00179. The van der Waals surface area contributed by atoms with Crippen molar-refractivity contribution >= 4 is 0 Å². The highest BCUT2D eigenvalue weighted by molar-refractivity contribution is 5.64. The summed E-state index contributed by atoms with van der Waals surface area (Å²) in [6, 6.07) is 11.2. The summed E-state index contributed by atoms with van der Waals surface area (Å²) < 4.78 is 12.2. The van der Waals surface area contributed by atoms with Crippen LogP contribution in [0.25, 0.3) is 0 Å². The molecule has 2 aliphatic heterocycles. The Labute approximate surface area is 237 Å². The van der Waals surface area contributed by atoms with Crippen LogP contribution in [0.3, 0.4) is 0 Å². The van der Waals surface area contributed by atoms with Crippen LogP contribution in [0, 0.1) is 0 Å². The predicted molar refractivity (Wildman–Crippen MR) is 143 cm³/mol. The highest BCUT2D eigenvalue weighted by Gasteiger charge is 2.45. The van der Waals surface area contributed by atoms with E-state index in [1.807, 2.05) is 0 Å². The van der Waals surface area contributed by atoms with Crippen LogP contribution in [0.2, 0.25) is 0 Å². The van der Waals surface area contributed by atoms with Gasteiger partial charge in [0.15, 0.2) is 34.9 Å². The molecule has 42 heavy (non-hydrogen) atoms. The standard InChI is InChI=1S/C30H26O12/c31-13-2-3-14-23(8-13)41-29(12-6-20(36)26(39)21(37)7-12)27(40)24(14)25-19(35)10-17(33)15-9-22(38)28(42-30(15)25)11-1-4-16(32)18(34)5-11/h1-8,10,22,24,27-29,31-40H,9H2. The number of benzene rings is 4. The summed E-state index contributed by atoms with van der Waals surface area (Å²) in [6.07, 6.45) is -5.35. The summed E-state index contributed by atoms with van der Waals surface area (Å²) in [4.78, 5) is 0. The van der Waals surface area contributed by atoms with Crippen LogP contribution >= 0.6 is 0 Å². The van der Waals surface area contributed by atoms with Gasteiger partial charge in [-0.2, -0.15) is 0 Å². The minimum absolute atomic E-state index is 0.00247. The van der Waals surface area contributed by atoms with Gasteiger partial charge in [0.25, 0.3) is 0 Å². The van der Waals surface area contributed by atoms with Crippen molar-refractivity contribution in [2.45, 2.75) is 36.8 Å². The lowest BCUT2D eigenvalue weighted by atomic mass is 9.77. The summed E-state index contributed by atoms with van der Waals surface area (Å²) in [6.45, 7) is 0. The fourth-order valence-electron chi connectivity index (χ4n) is 5.68. The molecule has 0 spiro atoms. The molecule has 5 atom stereocenters. The van der Waals surface area contributed by atoms with Crippen LogP contribution in [0.15, 0.2) is 54.6 Å². The molecular weight excluding hydrogens is 552 g/mol. The third-order valence-corrected chi connectivity index (χ3v) is 7.68. The number of fused-ring (bicyclic) bond motifs is 2. The Balaban J connectivity index is 1.53. The minimum Gasteiger partial charge on any atom is -0.508 e. The van der Waals surface area contributed by atoms with E-state index in [0.29, 0.717) is 5.56 Å². The quantitative estimate of drug-likeness (QED) is 0.159. The predicted octanol–water partition coefficient (Wildman–Crippen LogP) is 3.00. The van der Waals surface area contributed by atoms with Gasteiger partial charge in [-0.25, -0.2) is 0 Å². The second kappa shape index (κ2) is 9.72. The maximum Gasteiger partial charge on any atom is 0.200 e. The molecule has 0 aliphatic carbocycles. The number of rotatable bonds is 3. The van der Waals surface area contributed by atoms with Gasteiger partial charge < -0.3 is 60.5 Å². The summed E-state index contributed by atoms with van der Waals surface area (Å²) in [5, 5.41) is 105. The summed E-state index contributed by atoms with van der Waals surface area (Å²) in [5.41, 5.74) is 0.770. The van der Waals surface area contributed by atoms with Gasteiger partial charge >= 0.3 is 0 Å². The maximum absolute atomic E-state index is 11.7. The van der Waals surface area contributed by atoms with E-state index >= 15 is 0 Å². The van der Waals surface area contributed by atoms with Gasteiger partial charge in [0.1, 0.15) is 41.0 Å². The Hall–Kier alpha value is -5.20. The fraction of sp³-hybridized carbons (Fsp3) is 0.200. The molecule has 0 fully saturated rings. The van der Waals surface area contributed by atoms with E-state index in [1.54, 1.807) is 0 Å². The van der Waals surface area contributed by atoms with Crippen LogP contribution in [0.1, 0.15) is 45.9 Å². The largest absolute Gasteiger partial charge is 0.508 e. The van der Waals surface area contributed by atoms with E-state index in [0.717, 1.165) is 18.2 Å². The average molecular weight is 579 g/mol. The molecule has 0 saturated heterocycles. The number of hydrogen-bond donors (Lipinski definition) is 10. The van der Waals surface area contributed by atoms with Gasteiger partial charge in [-0.05, 0) is 35.9 Å². The van der Waals surface area contributed by atoms with Crippen molar-refractivity contribution < 1.29 is 60.5 Å². The maximum atomic E-state index is 11.7.